The number of benzene rings is 16. The largest absolute Gasteiger partial charge is 0.310 e. The van der Waals surface area contributed by atoms with Crippen LogP contribution in [-0.2, 0) is 10.8 Å². The number of aromatic nitrogens is 2. The molecule has 0 amide bonds. The van der Waals surface area contributed by atoms with E-state index in [0.29, 0.717) is 11.3 Å². The highest BCUT2D eigenvalue weighted by Gasteiger charge is 2.46. The van der Waals surface area contributed by atoms with Crippen LogP contribution in [0.2, 0.25) is 0 Å². The second-order valence-corrected chi connectivity index (χ2v) is 32.2. The number of fused-ring (bicyclic) bond motifs is 10. The van der Waals surface area contributed by atoms with E-state index >= 15 is 0 Å². The minimum Gasteiger partial charge on any atom is -0.310 e. The van der Waals surface area contributed by atoms with Gasteiger partial charge in [0.05, 0.1) is 51.6 Å². The van der Waals surface area contributed by atoms with Gasteiger partial charge in [-0.3, -0.25) is 0 Å². The molecule has 2 aliphatic rings. The first-order valence-corrected chi connectivity index (χ1v) is 39.0. The van der Waals surface area contributed by atoms with Crippen molar-refractivity contribution in [2.45, 2.75) is 52.4 Å². The van der Waals surface area contributed by atoms with Crippen LogP contribution >= 0.6 is 0 Å². The van der Waals surface area contributed by atoms with Crippen LogP contribution in [0.5, 0.6) is 0 Å². The lowest BCUT2D eigenvalue weighted by atomic mass is 9.33. The second kappa shape index (κ2) is 26.8. The van der Waals surface area contributed by atoms with Crippen LogP contribution in [0.1, 0.15) is 58.2 Å². The third-order valence-corrected chi connectivity index (χ3v) is 23.4. The van der Waals surface area contributed by atoms with Crippen LogP contribution in [0.3, 0.4) is 0 Å². The van der Waals surface area contributed by atoms with Crippen molar-refractivity contribution in [2.75, 3.05) is 9.80 Å². The molecule has 18 aromatic rings. The molecule has 6 nitrogen and oxygen atoms in total. The quantitative estimate of drug-likeness (QED) is 0.0958. The topological polar surface area (TPSA) is 44.5 Å². The predicted octanol–water partition coefficient (Wildman–Crippen LogP) is 26.6. The van der Waals surface area contributed by atoms with E-state index in [2.05, 4.69) is 429 Å². The molecule has 0 atom stereocenters. The zero-order chi connectivity index (χ0) is 76.4. The minimum atomic E-state index is -0.388. The standard InChI is InChI=1S/C106H77BN6/c1-105(2,3)79-56-77(57-80(62-79)106(4,5)6)78-60-100-102-101(61-78)113(104-88(73-38-22-12-23-39-73)63-81(109-7)64-89(104)74-40-24-13-25-41-74)99-66-83(111-95-45-29-27-43-85(95)91-59-76(47-53-97(91)111)70-32-16-9-17-33-70)49-51-93(99)107(102)92-50-48-82(110-94-44-28-26-42-84(94)90-58-75(46-52-96(90)110)69-30-14-8-15-31-69)65-98(92)112(100)103-86(71-34-18-10-19-35-71)54-68(67-108)55-87(103)72-36-20-11-21-37-72/h8-66H,1-6H3. The molecule has 0 N–H and O–H groups in total. The Morgan fingerprint density at radius 1 is 0.301 bits per heavy atom. The predicted molar refractivity (Wildman–Crippen MR) is 476 cm³/mol. The van der Waals surface area contributed by atoms with Crippen LogP contribution in [0.4, 0.5) is 39.8 Å². The Morgan fingerprint density at radius 2 is 0.646 bits per heavy atom. The Kier molecular flexibility index (Phi) is 16.2. The van der Waals surface area contributed by atoms with Gasteiger partial charge < -0.3 is 18.9 Å². The van der Waals surface area contributed by atoms with E-state index in [9.17, 15) is 5.26 Å². The lowest BCUT2D eigenvalue weighted by molar-refractivity contribution is 0.569. The fraction of sp³-hybridized carbons (Fsp3) is 0.0755. The fourth-order valence-corrected chi connectivity index (χ4v) is 17.9. The molecular formula is C106H77BN6. The van der Waals surface area contributed by atoms with Gasteiger partial charge in [-0.25, -0.2) is 4.85 Å². The number of para-hydroxylation sites is 2. The number of nitriles is 1. The lowest BCUT2D eigenvalue weighted by Gasteiger charge is -2.46. The highest BCUT2D eigenvalue weighted by Crippen LogP contribution is 2.56. The average molecular weight is 1450 g/mol. The van der Waals surface area contributed by atoms with Crippen molar-refractivity contribution >= 4 is 107 Å². The van der Waals surface area contributed by atoms with E-state index in [0.717, 1.165) is 167 Å². The molecule has 4 heterocycles. The summed E-state index contributed by atoms with van der Waals surface area (Å²) in [7, 11) is 0. The molecule has 0 saturated carbocycles. The van der Waals surface area contributed by atoms with Gasteiger partial charge in [-0.1, -0.05) is 302 Å². The number of anilines is 6. The Labute approximate surface area is 660 Å². The highest BCUT2D eigenvalue weighted by atomic mass is 15.2. The van der Waals surface area contributed by atoms with Gasteiger partial charge in [0.15, 0.2) is 5.69 Å². The first kappa shape index (κ1) is 68.1. The summed E-state index contributed by atoms with van der Waals surface area (Å²) in [4.78, 5) is 9.53. The monoisotopic (exact) mass is 1440 g/mol. The summed E-state index contributed by atoms with van der Waals surface area (Å²) < 4.78 is 4.94. The number of nitrogens with zero attached hydrogens (tertiary/aromatic N) is 6. The zero-order valence-corrected chi connectivity index (χ0v) is 63.8. The van der Waals surface area contributed by atoms with Gasteiger partial charge in [-0.2, -0.15) is 5.26 Å². The molecule has 20 rings (SSSR count). The van der Waals surface area contributed by atoms with E-state index in [1.165, 1.54) is 27.3 Å². The van der Waals surface area contributed by atoms with Crippen LogP contribution in [0.15, 0.2) is 358 Å². The fourth-order valence-electron chi connectivity index (χ4n) is 17.9. The molecule has 0 bridgehead atoms. The summed E-state index contributed by atoms with van der Waals surface area (Å²) >= 11 is 0. The summed E-state index contributed by atoms with van der Waals surface area (Å²) in [6, 6.07) is 134. The SMILES string of the molecule is [C-]#[N+]c1cc(-c2ccccc2)c(N2c3cc(-n4c5ccccc5c5cc(-c6ccccc6)ccc54)ccc3B3c4ccc(-n5c6ccccc6c6cc(-c7ccccc7)ccc65)cc4N(c4c(-c5ccccc5)cc(C#N)cc4-c4ccccc4)c4cc(-c5cc(C(C)(C)C)cc(C(C)(C)C)c5)cc2c43)c(-c2ccccc2)c1. The highest BCUT2D eigenvalue weighted by molar-refractivity contribution is 7.00. The molecule has 534 valence electrons. The summed E-state index contributed by atoms with van der Waals surface area (Å²) in [5, 5.41) is 16.1. The Hall–Kier alpha value is -14.2. The maximum absolute atomic E-state index is 11.4. The molecule has 0 unspecified atom stereocenters. The normalized spacial score (nSPS) is 12.4. The Morgan fingerprint density at radius 3 is 1.02 bits per heavy atom. The molecule has 0 radical (unpaired) electrons. The van der Waals surface area contributed by atoms with Crippen LogP contribution in [0, 0.1) is 17.9 Å². The maximum Gasteiger partial charge on any atom is 0.252 e. The smallest absolute Gasteiger partial charge is 0.252 e. The molecule has 113 heavy (non-hydrogen) atoms. The van der Waals surface area contributed by atoms with Crippen molar-refractivity contribution in [3.8, 4) is 95.3 Å². The van der Waals surface area contributed by atoms with Gasteiger partial charge >= 0.3 is 0 Å². The van der Waals surface area contributed by atoms with Crippen molar-refractivity contribution in [3.05, 3.63) is 386 Å². The van der Waals surface area contributed by atoms with Crippen LogP contribution in [-0.4, -0.2) is 15.8 Å². The lowest BCUT2D eigenvalue weighted by Crippen LogP contribution is -2.61. The van der Waals surface area contributed by atoms with E-state index in [4.69, 9.17) is 6.57 Å². The molecule has 16 aromatic carbocycles. The van der Waals surface area contributed by atoms with E-state index in [-0.39, 0.29) is 17.5 Å². The first-order chi connectivity index (χ1) is 55.2. The summed E-state index contributed by atoms with van der Waals surface area (Å²) in [5.41, 5.74) is 33.1. The van der Waals surface area contributed by atoms with Crippen molar-refractivity contribution in [3.63, 3.8) is 0 Å². The average Bonchev–Trinajstić information content (AvgIpc) is 1.65. The second-order valence-electron chi connectivity index (χ2n) is 32.2. The summed E-state index contributed by atoms with van der Waals surface area (Å²) in [6.45, 7) is 22.6. The van der Waals surface area contributed by atoms with Gasteiger partial charge in [-0.15, -0.1) is 0 Å². The molecular weight excluding hydrogens is 1370 g/mol. The van der Waals surface area contributed by atoms with Gasteiger partial charge in [0.25, 0.3) is 6.71 Å². The van der Waals surface area contributed by atoms with Crippen molar-refractivity contribution in [2.24, 2.45) is 0 Å². The Bertz CT molecular complexity index is 6420. The van der Waals surface area contributed by atoms with E-state index < -0.39 is 0 Å². The first-order valence-electron chi connectivity index (χ1n) is 39.0. The number of hydrogen-bond acceptors (Lipinski definition) is 3. The number of hydrogen-bond donors (Lipinski definition) is 0. The molecule has 0 aliphatic carbocycles. The minimum absolute atomic E-state index is 0.227. The molecule has 0 fully saturated rings. The maximum atomic E-state index is 11.4. The van der Waals surface area contributed by atoms with Crippen molar-refractivity contribution in [1.29, 1.82) is 5.26 Å². The number of rotatable bonds is 11. The summed E-state index contributed by atoms with van der Waals surface area (Å²) in [6.07, 6.45) is 0. The molecule has 2 aliphatic heterocycles. The van der Waals surface area contributed by atoms with Crippen LogP contribution in [0.25, 0.3) is 138 Å². The molecule has 7 heteroatoms. The molecule has 0 saturated heterocycles. The summed E-state index contributed by atoms with van der Waals surface area (Å²) in [5.74, 6) is 0. The zero-order valence-electron chi connectivity index (χ0n) is 63.8. The van der Waals surface area contributed by atoms with Crippen molar-refractivity contribution < 1.29 is 0 Å². The Balaban J connectivity index is 0.974. The molecule has 2 aromatic heterocycles. The van der Waals surface area contributed by atoms with Crippen molar-refractivity contribution in [1.82, 2.24) is 9.13 Å². The van der Waals surface area contributed by atoms with E-state index in [1.54, 1.807) is 0 Å². The third kappa shape index (κ3) is 11.5. The van der Waals surface area contributed by atoms with Crippen LogP contribution < -0.4 is 26.2 Å². The van der Waals surface area contributed by atoms with Gasteiger partial charge in [-0.05, 0) is 202 Å². The van der Waals surface area contributed by atoms with E-state index in [1.807, 2.05) is 0 Å². The van der Waals surface area contributed by atoms with Gasteiger partial charge in [0.2, 0.25) is 0 Å². The van der Waals surface area contributed by atoms with Gasteiger partial charge in [0, 0.05) is 66.8 Å². The third-order valence-electron chi connectivity index (χ3n) is 23.4. The molecule has 0 spiro atoms. The van der Waals surface area contributed by atoms with Gasteiger partial charge in [0.1, 0.15) is 0 Å².